The average Bonchev–Trinajstić information content (AvgIpc) is 2.48. The molecule has 0 aliphatic rings. The van der Waals surface area contributed by atoms with Crippen LogP contribution in [-0.2, 0) is 4.79 Å². The van der Waals surface area contributed by atoms with Gasteiger partial charge in [-0.1, -0.05) is 24.3 Å². The monoisotopic (exact) mass is 281 g/mol. The average molecular weight is 281 g/mol. The van der Waals surface area contributed by atoms with Crippen molar-refractivity contribution in [3.05, 3.63) is 54.1 Å². The van der Waals surface area contributed by atoms with E-state index < -0.39 is 5.60 Å². The lowest BCUT2D eigenvalue weighted by Crippen LogP contribution is -2.29. The summed E-state index contributed by atoms with van der Waals surface area (Å²) in [4.78, 5) is 10.9. The number of benzene rings is 2. The zero-order chi connectivity index (χ0) is 15.3. The first-order valence-corrected chi connectivity index (χ1v) is 6.66. The number of hydrogen-bond donors (Lipinski definition) is 0. The van der Waals surface area contributed by atoms with Gasteiger partial charge in [0.05, 0.1) is 5.69 Å². The summed E-state index contributed by atoms with van der Waals surface area (Å²) >= 11 is 0. The molecule has 0 spiro atoms. The Morgan fingerprint density at radius 3 is 2.43 bits per heavy atom. The highest BCUT2D eigenvalue weighted by atomic mass is 16.5. The predicted octanol–water partition coefficient (Wildman–Crippen LogP) is 4.68. The molecule has 0 heterocycles. The SMILES string of the molecule is Cc1ccc(OC(C)(C)[C]=O)c(N=Nc2ccccc2)c1. The Balaban J connectivity index is 2.31. The van der Waals surface area contributed by atoms with Gasteiger partial charge in [0.15, 0.2) is 5.60 Å². The Morgan fingerprint density at radius 1 is 1.05 bits per heavy atom. The largest absolute Gasteiger partial charge is 0.477 e. The Labute approximate surface area is 124 Å². The fourth-order valence-corrected chi connectivity index (χ4v) is 1.69. The molecule has 4 nitrogen and oxygen atoms in total. The summed E-state index contributed by atoms with van der Waals surface area (Å²) in [5.74, 6) is 0.508. The van der Waals surface area contributed by atoms with Crippen LogP contribution < -0.4 is 4.74 Å². The minimum atomic E-state index is -1.02. The maximum absolute atomic E-state index is 10.9. The van der Waals surface area contributed by atoms with Crippen LogP contribution in [-0.4, -0.2) is 11.9 Å². The molecule has 0 N–H and O–H groups in total. The van der Waals surface area contributed by atoms with Crippen LogP contribution in [0.5, 0.6) is 5.75 Å². The molecule has 0 aromatic heterocycles. The maximum atomic E-state index is 10.9. The second-order valence-electron chi connectivity index (χ2n) is 5.22. The molecule has 4 heteroatoms. The third-order valence-corrected chi connectivity index (χ3v) is 2.75. The lowest BCUT2D eigenvalue weighted by atomic mass is 10.1. The van der Waals surface area contributed by atoms with E-state index in [2.05, 4.69) is 10.2 Å². The fraction of sp³-hybridized carbons (Fsp3) is 0.235. The topological polar surface area (TPSA) is 51.0 Å². The molecule has 0 unspecified atom stereocenters. The quantitative estimate of drug-likeness (QED) is 0.747. The van der Waals surface area contributed by atoms with Gasteiger partial charge < -0.3 is 4.74 Å². The molecule has 2 aromatic carbocycles. The molecule has 2 rings (SSSR count). The highest BCUT2D eigenvalue weighted by Gasteiger charge is 2.21. The summed E-state index contributed by atoms with van der Waals surface area (Å²) in [5, 5.41) is 8.41. The number of carbonyl (C=O) groups excluding carboxylic acids is 1. The number of nitrogens with zero attached hydrogens (tertiary/aromatic N) is 2. The lowest BCUT2D eigenvalue weighted by Gasteiger charge is -2.19. The van der Waals surface area contributed by atoms with Gasteiger partial charge in [-0.2, -0.15) is 5.11 Å². The predicted molar refractivity (Wildman–Crippen MR) is 82.2 cm³/mol. The van der Waals surface area contributed by atoms with Gasteiger partial charge in [0, 0.05) is 0 Å². The minimum Gasteiger partial charge on any atom is -0.477 e. The highest BCUT2D eigenvalue weighted by molar-refractivity contribution is 5.64. The van der Waals surface area contributed by atoms with Crippen molar-refractivity contribution in [1.29, 1.82) is 0 Å². The van der Waals surface area contributed by atoms with E-state index in [1.165, 1.54) is 0 Å². The van der Waals surface area contributed by atoms with Crippen molar-refractivity contribution in [3.8, 4) is 5.75 Å². The van der Waals surface area contributed by atoms with Crippen molar-refractivity contribution >= 4 is 17.7 Å². The van der Waals surface area contributed by atoms with E-state index in [0.29, 0.717) is 11.4 Å². The first-order valence-electron chi connectivity index (χ1n) is 6.66. The van der Waals surface area contributed by atoms with Crippen LogP contribution in [0.2, 0.25) is 0 Å². The molecule has 0 saturated carbocycles. The molecule has 0 saturated heterocycles. The number of aryl methyl sites for hydroxylation is 1. The van der Waals surface area contributed by atoms with Crippen molar-refractivity contribution < 1.29 is 9.53 Å². The molecular formula is C17H17N2O2. The van der Waals surface area contributed by atoms with Gasteiger partial charge >= 0.3 is 0 Å². The van der Waals surface area contributed by atoms with Crippen molar-refractivity contribution in [2.24, 2.45) is 10.2 Å². The third-order valence-electron chi connectivity index (χ3n) is 2.75. The molecule has 107 valence electrons. The van der Waals surface area contributed by atoms with Crippen LogP contribution in [0, 0.1) is 6.92 Å². The van der Waals surface area contributed by atoms with E-state index in [1.54, 1.807) is 19.9 Å². The standard InChI is InChI=1S/C17H17N2O2/c1-13-9-10-16(21-17(2,3)12-20)15(11-13)19-18-14-7-5-4-6-8-14/h4-11H,1-3H3. The maximum Gasteiger partial charge on any atom is 0.245 e. The summed E-state index contributed by atoms with van der Waals surface area (Å²) in [6.07, 6.45) is 1.86. The summed E-state index contributed by atoms with van der Waals surface area (Å²) < 4.78 is 5.65. The Morgan fingerprint density at radius 2 is 1.76 bits per heavy atom. The van der Waals surface area contributed by atoms with Crippen LogP contribution in [0.4, 0.5) is 11.4 Å². The van der Waals surface area contributed by atoms with Crippen LogP contribution in [0.25, 0.3) is 0 Å². The summed E-state index contributed by atoms with van der Waals surface area (Å²) in [6.45, 7) is 5.26. The van der Waals surface area contributed by atoms with E-state index in [4.69, 9.17) is 4.74 Å². The summed E-state index contributed by atoms with van der Waals surface area (Å²) in [7, 11) is 0. The second-order valence-corrected chi connectivity index (χ2v) is 5.22. The lowest BCUT2D eigenvalue weighted by molar-refractivity contribution is 0.177. The smallest absolute Gasteiger partial charge is 0.245 e. The van der Waals surface area contributed by atoms with E-state index in [1.807, 2.05) is 55.7 Å². The molecule has 0 atom stereocenters. The number of azo groups is 1. The Kier molecular flexibility index (Phi) is 4.48. The van der Waals surface area contributed by atoms with Gasteiger partial charge in [-0.3, -0.25) is 4.79 Å². The number of ether oxygens (including phenoxy) is 1. The molecule has 1 radical (unpaired) electrons. The zero-order valence-corrected chi connectivity index (χ0v) is 12.3. The number of hydrogen-bond acceptors (Lipinski definition) is 4. The van der Waals surface area contributed by atoms with E-state index in [0.717, 1.165) is 11.3 Å². The Hall–Kier alpha value is -2.49. The van der Waals surface area contributed by atoms with Crippen LogP contribution >= 0.6 is 0 Å². The first kappa shape index (κ1) is 14.9. The van der Waals surface area contributed by atoms with E-state index >= 15 is 0 Å². The molecule has 0 aliphatic heterocycles. The van der Waals surface area contributed by atoms with Crippen molar-refractivity contribution in [2.75, 3.05) is 0 Å². The molecule has 0 fully saturated rings. The van der Waals surface area contributed by atoms with Crippen molar-refractivity contribution in [2.45, 2.75) is 26.4 Å². The summed E-state index contributed by atoms with van der Waals surface area (Å²) in [6, 6.07) is 15.0. The minimum absolute atomic E-state index is 0.508. The van der Waals surface area contributed by atoms with Gasteiger partial charge in [-0.05, 0) is 50.6 Å². The third kappa shape index (κ3) is 4.24. The number of rotatable bonds is 5. The van der Waals surface area contributed by atoms with E-state index in [-0.39, 0.29) is 0 Å². The van der Waals surface area contributed by atoms with E-state index in [9.17, 15) is 4.79 Å². The van der Waals surface area contributed by atoms with Crippen LogP contribution in [0.15, 0.2) is 58.8 Å². The van der Waals surface area contributed by atoms with Gasteiger partial charge in [0.2, 0.25) is 6.29 Å². The van der Waals surface area contributed by atoms with Crippen molar-refractivity contribution in [1.82, 2.24) is 0 Å². The van der Waals surface area contributed by atoms with Crippen molar-refractivity contribution in [3.63, 3.8) is 0 Å². The molecule has 21 heavy (non-hydrogen) atoms. The first-order chi connectivity index (χ1) is 10.00. The fourth-order valence-electron chi connectivity index (χ4n) is 1.69. The van der Waals surface area contributed by atoms with Gasteiger partial charge in [-0.15, -0.1) is 5.11 Å². The second kappa shape index (κ2) is 6.31. The normalized spacial score (nSPS) is 11.6. The molecule has 2 aromatic rings. The molecule has 0 aliphatic carbocycles. The van der Waals surface area contributed by atoms with Gasteiger partial charge in [0.25, 0.3) is 0 Å². The Bertz CT molecular complexity index is 649. The van der Waals surface area contributed by atoms with Crippen LogP contribution in [0.1, 0.15) is 19.4 Å². The molecule has 0 bridgehead atoms. The summed E-state index contributed by atoms with van der Waals surface area (Å²) in [5.41, 5.74) is 1.36. The molecular weight excluding hydrogens is 264 g/mol. The van der Waals surface area contributed by atoms with Gasteiger partial charge in [0.1, 0.15) is 11.4 Å². The molecule has 0 amide bonds. The van der Waals surface area contributed by atoms with Gasteiger partial charge in [-0.25, -0.2) is 0 Å². The highest BCUT2D eigenvalue weighted by Crippen LogP contribution is 2.32. The zero-order valence-electron chi connectivity index (χ0n) is 12.3. The van der Waals surface area contributed by atoms with Crippen LogP contribution in [0.3, 0.4) is 0 Å².